The summed E-state index contributed by atoms with van der Waals surface area (Å²) in [5, 5.41) is 8.90. The first-order valence-corrected chi connectivity index (χ1v) is 14.2. The van der Waals surface area contributed by atoms with Gasteiger partial charge in [0.15, 0.2) is 0 Å². The minimum atomic E-state index is -0.494. The van der Waals surface area contributed by atoms with Gasteiger partial charge in [-0.3, -0.25) is 4.79 Å². The Kier molecular flexibility index (Phi) is 10.9. The van der Waals surface area contributed by atoms with Crippen LogP contribution in [0.4, 0.5) is 39.2 Å². The van der Waals surface area contributed by atoms with Crippen molar-refractivity contribution in [2.75, 3.05) is 60.8 Å². The van der Waals surface area contributed by atoms with Crippen LogP contribution in [0.25, 0.3) is 0 Å². The molecule has 0 spiro atoms. The van der Waals surface area contributed by atoms with Crippen LogP contribution in [0.2, 0.25) is 0 Å². The van der Waals surface area contributed by atoms with Crippen molar-refractivity contribution in [3.8, 4) is 5.75 Å². The zero-order valence-electron chi connectivity index (χ0n) is 25.3. The molecule has 0 bridgehead atoms. The van der Waals surface area contributed by atoms with Crippen molar-refractivity contribution >= 4 is 46.3 Å². The fraction of sp³-hybridized carbons (Fsp3) is 0.212. The highest BCUT2D eigenvalue weighted by atomic mass is 16.5. The number of hydrogen-bond acceptors (Lipinski definition) is 8. The molecule has 44 heavy (non-hydrogen) atoms. The maximum Gasteiger partial charge on any atom is 0.332 e. The van der Waals surface area contributed by atoms with E-state index in [1.165, 1.54) is 17.3 Å². The highest BCUT2D eigenvalue weighted by molar-refractivity contribution is 6.02. The van der Waals surface area contributed by atoms with E-state index < -0.39 is 6.03 Å². The molecule has 0 unspecified atom stereocenters. The summed E-state index contributed by atoms with van der Waals surface area (Å²) >= 11 is 0. The van der Waals surface area contributed by atoms with Crippen LogP contribution in [-0.2, 0) is 4.79 Å². The van der Waals surface area contributed by atoms with Crippen molar-refractivity contribution in [1.29, 1.82) is 0 Å². The van der Waals surface area contributed by atoms with Crippen molar-refractivity contribution in [1.82, 2.24) is 20.2 Å². The lowest BCUT2D eigenvalue weighted by Crippen LogP contribution is -2.44. The zero-order chi connectivity index (χ0) is 31.5. The fourth-order valence-electron chi connectivity index (χ4n) is 4.53. The van der Waals surface area contributed by atoms with Gasteiger partial charge in [-0.15, -0.1) is 0 Å². The Morgan fingerprint density at radius 2 is 1.82 bits per heavy atom. The molecule has 4 rings (SSSR count). The van der Waals surface area contributed by atoms with Crippen molar-refractivity contribution in [3.05, 3.63) is 104 Å². The van der Waals surface area contributed by atoms with Crippen LogP contribution in [0.5, 0.6) is 5.75 Å². The Bertz CT molecular complexity index is 1560. The van der Waals surface area contributed by atoms with Gasteiger partial charge in [-0.05, 0) is 62.5 Å². The number of aromatic nitrogens is 2. The predicted molar refractivity (Wildman–Crippen MR) is 177 cm³/mol. The van der Waals surface area contributed by atoms with Crippen molar-refractivity contribution in [3.63, 3.8) is 0 Å². The number of hydrogen-bond donors (Lipinski definition) is 3. The van der Waals surface area contributed by atoms with Crippen LogP contribution in [0, 0.1) is 0 Å². The smallest absolute Gasteiger partial charge is 0.332 e. The lowest BCUT2D eigenvalue weighted by molar-refractivity contribution is -0.111. The Morgan fingerprint density at radius 3 is 2.52 bits per heavy atom. The number of rotatable bonds is 11. The van der Waals surface area contributed by atoms with E-state index in [0.717, 1.165) is 31.9 Å². The molecule has 2 aromatic carbocycles. The van der Waals surface area contributed by atoms with Gasteiger partial charge in [0.05, 0.1) is 18.5 Å². The quantitative estimate of drug-likeness (QED) is 0.194. The summed E-state index contributed by atoms with van der Waals surface area (Å²) in [5.74, 6) is 1.02. The van der Waals surface area contributed by atoms with Crippen LogP contribution in [0.3, 0.4) is 0 Å². The topological polar surface area (TPSA) is 115 Å². The van der Waals surface area contributed by atoms with E-state index in [1.54, 1.807) is 55.7 Å². The van der Waals surface area contributed by atoms with Gasteiger partial charge in [0, 0.05) is 55.4 Å². The maximum atomic E-state index is 13.7. The SMILES string of the molecule is C=CC(=O)Nc1cccc(N(C(=O)N/C(C=C)=C/C=C\C)c2cc(Nc3ccc(N4CCN(C)CC4)cc3OC)ncn2)c1. The van der Waals surface area contributed by atoms with Gasteiger partial charge in [-0.25, -0.2) is 19.7 Å². The van der Waals surface area contributed by atoms with Crippen molar-refractivity contribution < 1.29 is 14.3 Å². The number of anilines is 6. The number of benzene rings is 2. The van der Waals surface area contributed by atoms with E-state index in [-0.39, 0.29) is 11.7 Å². The van der Waals surface area contributed by atoms with Gasteiger partial charge in [0.2, 0.25) is 5.91 Å². The number of allylic oxidation sites excluding steroid dienone is 4. The average Bonchev–Trinajstić information content (AvgIpc) is 3.04. The summed E-state index contributed by atoms with van der Waals surface area (Å²) in [4.78, 5) is 40.5. The molecule has 11 heteroatoms. The number of amides is 3. The summed E-state index contributed by atoms with van der Waals surface area (Å²) in [6.45, 7) is 13.1. The molecule has 3 amide bonds. The number of piperazine rings is 1. The molecule has 3 aromatic rings. The first-order valence-electron chi connectivity index (χ1n) is 14.2. The Labute approximate surface area is 258 Å². The van der Waals surface area contributed by atoms with Crippen LogP contribution in [-0.4, -0.2) is 67.1 Å². The monoisotopic (exact) mass is 594 g/mol. The molecule has 0 atom stereocenters. The van der Waals surface area contributed by atoms with Gasteiger partial charge >= 0.3 is 6.03 Å². The Hall–Kier alpha value is -5.42. The molecule has 2 heterocycles. The summed E-state index contributed by atoms with van der Waals surface area (Å²) < 4.78 is 5.72. The highest BCUT2D eigenvalue weighted by Crippen LogP contribution is 2.33. The minimum absolute atomic E-state index is 0.287. The van der Waals surface area contributed by atoms with Gasteiger partial charge in [0.25, 0.3) is 0 Å². The minimum Gasteiger partial charge on any atom is -0.494 e. The molecule has 11 nitrogen and oxygen atoms in total. The van der Waals surface area contributed by atoms with Gasteiger partial charge in [0.1, 0.15) is 23.7 Å². The zero-order valence-corrected chi connectivity index (χ0v) is 25.3. The summed E-state index contributed by atoms with van der Waals surface area (Å²) in [6, 6.07) is 14.0. The molecular formula is C33H38N8O3. The normalized spacial score (nSPS) is 13.7. The van der Waals surface area contributed by atoms with Crippen LogP contribution in [0.1, 0.15) is 6.92 Å². The molecule has 0 saturated carbocycles. The number of carbonyl (C=O) groups excluding carboxylic acids is 2. The third-order valence-corrected chi connectivity index (χ3v) is 6.90. The standard InChI is InChI=1S/C33H38N8O3/c1-6-9-11-24(7-2)37-33(43)41(27-13-10-12-25(20-27)36-32(42)8-3)31-22-30(34-23-35-31)38-28-15-14-26(21-29(28)44-5)40-18-16-39(4)17-19-40/h6-15,20-23H,2-3,16-19H2,1,4-5H3,(H,36,42)(H,37,43)(H,34,35,38)/b9-6-,24-11+. The second-order valence-corrected chi connectivity index (χ2v) is 9.92. The van der Waals surface area contributed by atoms with E-state index >= 15 is 0 Å². The van der Waals surface area contributed by atoms with E-state index in [4.69, 9.17) is 4.74 Å². The molecule has 0 aliphatic carbocycles. The number of ether oxygens (including phenoxy) is 1. The summed E-state index contributed by atoms with van der Waals surface area (Å²) in [7, 11) is 3.75. The lowest BCUT2D eigenvalue weighted by atomic mass is 10.2. The molecule has 1 fully saturated rings. The van der Waals surface area contributed by atoms with E-state index in [9.17, 15) is 9.59 Å². The molecule has 1 aromatic heterocycles. The first-order chi connectivity index (χ1) is 21.3. The van der Waals surface area contributed by atoms with Gasteiger partial charge in [-0.2, -0.15) is 0 Å². The van der Waals surface area contributed by atoms with Gasteiger partial charge in [-0.1, -0.05) is 31.4 Å². The van der Waals surface area contributed by atoms with E-state index in [0.29, 0.717) is 34.3 Å². The number of carbonyl (C=O) groups is 2. The van der Waals surface area contributed by atoms with Crippen molar-refractivity contribution in [2.24, 2.45) is 0 Å². The van der Waals surface area contributed by atoms with Crippen LogP contribution < -0.4 is 30.5 Å². The molecule has 228 valence electrons. The molecule has 0 radical (unpaired) electrons. The molecular weight excluding hydrogens is 556 g/mol. The number of urea groups is 1. The largest absolute Gasteiger partial charge is 0.494 e. The summed E-state index contributed by atoms with van der Waals surface area (Å²) in [6.07, 6.45) is 9.46. The second kappa shape index (κ2) is 15.2. The number of nitrogens with zero attached hydrogens (tertiary/aromatic N) is 5. The highest BCUT2D eigenvalue weighted by Gasteiger charge is 2.22. The first kappa shape index (κ1) is 31.5. The Morgan fingerprint density at radius 1 is 1.02 bits per heavy atom. The maximum absolute atomic E-state index is 13.7. The van der Waals surface area contributed by atoms with Crippen molar-refractivity contribution in [2.45, 2.75) is 6.92 Å². The molecule has 1 saturated heterocycles. The van der Waals surface area contributed by atoms with E-state index in [1.807, 2.05) is 25.1 Å². The third kappa shape index (κ3) is 8.11. The predicted octanol–water partition coefficient (Wildman–Crippen LogP) is 5.60. The van der Waals surface area contributed by atoms with Gasteiger partial charge < -0.3 is 30.5 Å². The number of nitrogens with one attached hydrogen (secondary N) is 3. The fourth-order valence-corrected chi connectivity index (χ4v) is 4.53. The average molecular weight is 595 g/mol. The number of likely N-dealkylation sites (N-methyl/N-ethyl adjacent to an activating group) is 1. The second-order valence-electron chi connectivity index (χ2n) is 9.92. The number of methoxy groups -OCH3 is 1. The van der Waals surface area contributed by atoms with Crippen LogP contribution >= 0.6 is 0 Å². The van der Waals surface area contributed by atoms with Crippen LogP contribution in [0.15, 0.2) is 104 Å². The molecule has 1 aliphatic rings. The Balaban J connectivity index is 1.66. The third-order valence-electron chi connectivity index (χ3n) is 6.90. The van der Waals surface area contributed by atoms with E-state index in [2.05, 4.69) is 62.0 Å². The lowest BCUT2D eigenvalue weighted by Gasteiger charge is -2.34. The molecule has 1 aliphatic heterocycles. The summed E-state index contributed by atoms with van der Waals surface area (Å²) in [5.41, 5.74) is 3.23. The molecule has 3 N–H and O–H groups in total.